The third-order valence-electron chi connectivity index (χ3n) is 9.21. The molecular weight excluding hydrogens is 561 g/mol. The third-order valence-corrected chi connectivity index (χ3v) is 12.7. The molecule has 0 saturated carbocycles. The highest BCUT2D eigenvalue weighted by Gasteiger charge is 2.36. The number of benzene rings is 7. The molecule has 1 heterocycles. The Labute approximate surface area is 266 Å². The summed E-state index contributed by atoms with van der Waals surface area (Å²) in [5.41, 5.74) is 9.71. The van der Waals surface area contributed by atoms with Gasteiger partial charge >= 0.3 is 0 Å². The van der Waals surface area contributed by atoms with Gasteiger partial charge in [-0.25, -0.2) is 0 Å². The van der Waals surface area contributed by atoms with Crippen LogP contribution in [0.3, 0.4) is 0 Å². The van der Waals surface area contributed by atoms with Crippen LogP contribution in [0.25, 0.3) is 21.9 Å². The Morgan fingerprint density at radius 3 is 1.40 bits per heavy atom. The van der Waals surface area contributed by atoms with Gasteiger partial charge in [0, 0.05) is 33.8 Å². The van der Waals surface area contributed by atoms with Crippen LogP contribution in [0.4, 0.5) is 34.1 Å². The minimum atomic E-state index is -2.10. The zero-order chi connectivity index (χ0) is 30.4. The van der Waals surface area contributed by atoms with E-state index in [1.807, 2.05) is 0 Å². The fourth-order valence-electron chi connectivity index (χ4n) is 7.08. The number of fused-ring (bicyclic) bond motifs is 2. The summed E-state index contributed by atoms with van der Waals surface area (Å²) in [7, 11) is -2.10. The zero-order valence-corrected chi connectivity index (χ0v) is 26.6. The SMILES string of the molecule is C[Si]1(C)c2cc(N(c3ccccc3)c3ccccc3)ccc2-c2ccc(N(c3ccccc3)c3ccccc3)c3cccc1c23. The van der Waals surface area contributed by atoms with Crippen molar-refractivity contribution in [1.29, 1.82) is 0 Å². The summed E-state index contributed by atoms with van der Waals surface area (Å²) < 4.78 is 0. The van der Waals surface area contributed by atoms with Crippen LogP contribution in [-0.4, -0.2) is 8.07 Å². The lowest BCUT2D eigenvalue weighted by Gasteiger charge is -2.36. The summed E-state index contributed by atoms with van der Waals surface area (Å²) in [6, 6.07) is 61.6. The van der Waals surface area contributed by atoms with Crippen LogP contribution in [0.15, 0.2) is 170 Å². The first kappa shape index (κ1) is 27.2. The van der Waals surface area contributed by atoms with E-state index >= 15 is 0 Å². The van der Waals surface area contributed by atoms with Gasteiger partial charge in [0.1, 0.15) is 8.07 Å². The highest BCUT2D eigenvalue weighted by atomic mass is 28.3. The van der Waals surface area contributed by atoms with Gasteiger partial charge in [-0.1, -0.05) is 116 Å². The van der Waals surface area contributed by atoms with Gasteiger partial charge in [0.15, 0.2) is 0 Å². The molecule has 0 saturated heterocycles. The molecule has 0 atom stereocenters. The maximum Gasteiger partial charge on any atom is 0.113 e. The molecule has 0 radical (unpaired) electrons. The quantitative estimate of drug-likeness (QED) is 0.177. The summed E-state index contributed by atoms with van der Waals surface area (Å²) in [6.45, 7) is 5.03. The number of para-hydroxylation sites is 4. The maximum absolute atomic E-state index is 2.52. The lowest BCUT2D eigenvalue weighted by Crippen LogP contribution is -2.56. The van der Waals surface area contributed by atoms with Gasteiger partial charge < -0.3 is 9.80 Å². The van der Waals surface area contributed by atoms with Crippen molar-refractivity contribution < 1.29 is 0 Å². The number of hydrogen-bond acceptors (Lipinski definition) is 2. The summed E-state index contributed by atoms with van der Waals surface area (Å²) in [5, 5.41) is 5.66. The molecule has 1 aliphatic heterocycles. The monoisotopic (exact) mass is 594 g/mol. The number of nitrogens with zero attached hydrogens (tertiary/aromatic N) is 2. The Hall–Kier alpha value is -5.38. The van der Waals surface area contributed by atoms with E-state index in [4.69, 9.17) is 0 Å². The van der Waals surface area contributed by atoms with Gasteiger partial charge in [-0.05, 0) is 93.6 Å². The van der Waals surface area contributed by atoms with E-state index in [0.717, 1.165) is 22.7 Å². The molecule has 0 unspecified atom stereocenters. The van der Waals surface area contributed by atoms with E-state index in [2.05, 4.69) is 193 Å². The van der Waals surface area contributed by atoms with Crippen molar-refractivity contribution in [3.05, 3.63) is 170 Å². The molecule has 7 aromatic carbocycles. The first-order chi connectivity index (χ1) is 22.1. The Bertz CT molecular complexity index is 2050. The second-order valence-corrected chi connectivity index (χ2v) is 16.6. The molecule has 8 rings (SSSR count). The molecule has 0 amide bonds. The van der Waals surface area contributed by atoms with Gasteiger partial charge in [-0.15, -0.1) is 0 Å². The molecule has 7 aromatic rings. The van der Waals surface area contributed by atoms with Crippen molar-refractivity contribution in [3.63, 3.8) is 0 Å². The van der Waals surface area contributed by atoms with Crippen LogP contribution in [0, 0.1) is 0 Å². The van der Waals surface area contributed by atoms with E-state index < -0.39 is 8.07 Å². The largest absolute Gasteiger partial charge is 0.311 e. The molecule has 2 nitrogen and oxygen atoms in total. The molecule has 1 aliphatic rings. The van der Waals surface area contributed by atoms with E-state index in [9.17, 15) is 0 Å². The van der Waals surface area contributed by atoms with Crippen molar-refractivity contribution in [3.8, 4) is 11.1 Å². The number of rotatable bonds is 6. The van der Waals surface area contributed by atoms with Gasteiger partial charge in [-0.2, -0.15) is 0 Å². The van der Waals surface area contributed by atoms with Crippen LogP contribution in [-0.2, 0) is 0 Å². The van der Waals surface area contributed by atoms with E-state index in [-0.39, 0.29) is 0 Å². The summed E-state index contributed by atoms with van der Waals surface area (Å²) in [4.78, 5) is 4.77. The summed E-state index contributed by atoms with van der Waals surface area (Å²) in [5.74, 6) is 0. The van der Waals surface area contributed by atoms with Crippen LogP contribution in [0.5, 0.6) is 0 Å². The number of anilines is 6. The molecule has 45 heavy (non-hydrogen) atoms. The highest BCUT2D eigenvalue weighted by Crippen LogP contribution is 2.44. The van der Waals surface area contributed by atoms with Crippen molar-refractivity contribution in [2.24, 2.45) is 0 Å². The minimum absolute atomic E-state index is 1.16. The number of hydrogen-bond donors (Lipinski definition) is 0. The molecule has 0 aromatic heterocycles. The summed E-state index contributed by atoms with van der Waals surface area (Å²) in [6.07, 6.45) is 0. The van der Waals surface area contributed by atoms with Crippen molar-refractivity contribution in [2.75, 3.05) is 9.80 Å². The topological polar surface area (TPSA) is 6.48 Å². The average molecular weight is 595 g/mol. The van der Waals surface area contributed by atoms with Crippen molar-refractivity contribution in [2.45, 2.75) is 13.1 Å². The predicted octanol–water partition coefficient (Wildman–Crippen LogP) is 10.6. The lowest BCUT2D eigenvalue weighted by molar-refractivity contribution is 1.28. The van der Waals surface area contributed by atoms with Crippen LogP contribution in [0.1, 0.15) is 0 Å². The second kappa shape index (κ2) is 11.0. The Kier molecular flexibility index (Phi) is 6.62. The first-order valence-electron chi connectivity index (χ1n) is 15.6. The smallest absolute Gasteiger partial charge is 0.113 e. The fourth-order valence-corrected chi connectivity index (χ4v) is 10.2. The molecule has 216 valence electrons. The molecule has 3 heteroatoms. The van der Waals surface area contributed by atoms with Gasteiger partial charge in [-0.3, -0.25) is 0 Å². The van der Waals surface area contributed by atoms with Crippen LogP contribution < -0.4 is 20.2 Å². The van der Waals surface area contributed by atoms with Gasteiger partial charge in [0.25, 0.3) is 0 Å². The lowest BCUT2D eigenvalue weighted by atomic mass is 9.95. The maximum atomic E-state index is 2.52. The predicted molar refractivity (Wildman–Crippen MR) is 195 cm³/mol. The highest BCUT2D eigenvalue weighted by molar-refractivity contribution is 7.03. The van der Waals surface area contributed by atoms with E-state index in [1.54, 1.807) is 0 Å². The van der Waals surface area contributed by atoms with Crippen LogP contribution >= 0.6 is 0 Å². The molecular formula is C42H34N2Si. The summed E-state index contributed by atoms with van der Waals surface area (Å²) >= 11 is 0. The van der Waals surface area contributed by atoms with E-state index in [0.29, 0.717) is 0 Å². The minimum Gasteiger partial charge on any atom is -0.311 e. The third kappa shape index (κ3) is 4.55. The van der Waals surface area contributed by atoms with Gasteiger partial charge in [0.2, 0.25) is 0 Å². The van der Waals surface area contributed by atoms with Gasteiger partial charge in [0.05, 0.1) is 5.69 Å². The average Bonchev–Trinajstić information content (AvgIpc) is 3.10. The zero-order valence-electron chi connectivity index (χ0n) is 25.6. The second-order valence-electron chi connectivity index (χ2n) is 12.2. The van der Waals surface area contributed by atoms with Crippen molar-refractivity contribution >= 4 is 63.3 Å². The fraction of sp³-hybridized carbons (Fsp3) is 0.0476. The molecule has 0 spiro atoms. The molecule has 0 N–H and O–H groups in total. The normalized spacial score (nSPS) is 12.8. The van der Waals surface area contributed by atoms with E-state index in [1.165, 1.54) is 43.6 Å². The Balaban J connectivity index is 1.34. The van der Waals surface area contributed by atoms with Crippen LogP contribution in [0.2, 0.25) is 13.1 Å². The Morgan fingerprint density at radius 2 is 0.867 bits per heavy atom. The molecule has 0 bridgehead atoms. The Morgan fingerprint density at radius 1 is 0.378 bits per heavy atom. The molecule has 0 fully saturated rings. The molecule has 0 aliphatic carbocycles. The standard InChI is InChI=1S/C42H34N2Si/c1-45(2)40-25-15-24-38-39(44(33-20-11-5-12-21-33)34-22-13-6-14-23-34)29-28-37(42(38)40)36-27-26-35(30-41(36)45)43(31-16-7-3-8-17-31)32-18-9-4-10-19-32/h3-30H,1-2H3. The van der Waals surface area contributed by atoms with Crippen molar-refractivity contribution in [1.82, 2.24) is 0 Å². The first-order valence-corrected chi connectivity index (χ1v) is 18.6.